The molecule has 0 amide bonds. The lowest BCUT2D eigenvalue weighted by atomic mass is 10.4. The van der Waals surface area contributed by atoms with Gasteiger partial charge in [0.25, 0.3) is 15.6 Å². The summed E-state index contributed by atoms with van der Waals surface area (Å²) >= 11 is 5.57. The second-order valence-corrected chi connectivity index (χ2v) is 5.45. The maximum atomic E-state index is 11.9. The van der Waals surface area contributed by atoms with Gasteiger partial charge in [-0.15, -0.1) is 0 Å². The summed E-state index contributed by atoms with van der Waals surface area (Å²) < 4.78 is 26.2. The third kappa shape index (κ3) is 2.69. The molecule has 0 unspecified atom stereocenters. The van der Waals surface area contributed by atoms with Gasteiger partial charge in [-0.05, 0) is 18.2 Å². The number of aromatic nitrogens is 2. The number of sulfonamides is 1. The summed E-state index contributed by atoms with van der Waals surface area (Å²) in [5, 5.41) is -0.191. The number of nitrogens with zero attached hydrogens (tertiary/aromatic N) is 1. The fourth-order valence-electron chi connectivity index (χ4n) is 1.23. The molecule has 0 fully saturated rings. The second-order valence-electron chi connectivity index (χ2n) is 3.36. The van der Waals surface area contributed by atoms with Crippen LogP contribution in [0.25, 0.3) is 0 Å². The lowest BCUT2D eigenvalue weighted by Gasteiger charge is -2.07. The summed E-state index contributed by atoms with van der Waals surface area (Å²) in [5.74, 6) is 0. The zero-order valence-electron chi connectivity index (χ0n) is 8.92. The van der Waals surface area contributed by atoms with Crippen molar-refractivity contribution in [2.24, 2.45) is 0 Å². The Hall–Kier alpha value is -1.86. The summed E-state index contributed by atoms with van der Waals surface area (Å²) in [6, 6.07) is 4.23. The fraction of sp³-hybridized carbons (Fsp3) is 0. The summed E-state index contributed by atoms with van der Waals surface area (Å²) in [7, 11) is -3.80. The standard InChI is InChI=1S/C10H8ClN3O3S/c11-9-4-8(6-13-10(9)15)18(16,17)14-7-2-1-3-12-5-7/h1-6,14H,(H,13,15). The molecule has 2 heterocycles. The van der Waals surface area contributed by atoms with E-state index in [4.69, 9.17) is 11.6 Å². The largest absolute Gasteiger partial charge is 0.326 e. The van der Waals surface area contributed by atoms with Gasteiger partial charge in [-0.3, -0.25) is 14.5 Å². The van der Waals surface area contributed by atoms with Gasteiger partial charge in [-0.2, -0.15) is 0 Å². The molecule has 0 aliphatic carbocycles. The molecule has 2 rings (SSSR count). The van der Waals surface area contributed by atoms with Crippen molar-refractivity contribution < 1.29 is 8.42 Å². The van der Waals surface area contributed by atoms with E-state index >= 15 is 0 Å². The Kier molecular flexibility index (Phi) is 3.35. The minimum atomic E-state index is -3.80. The molecule has 18 heavy (non-hydrogen) atoms. The first-order chi connectivity index (χ1) is 8.49. The molecule has 0 saturated carbocycles. The van der Waals surface area contributed by atoms with Crippen LogP contribution in [0.5, 0.6) is 0 Å². The predicted molar refractivity (Wildman–Crippen MR) is 67.1 cm³/mol. The van der Waals surface area contributed by atoms with Gasteiger partial charge < -0.3 is 4.98 Å². The molecule has 2 aromatic rings. The van der Waals surface area contributed by atoms with Gasteiger partial charge in [-0.1, -0.05) is 11.6 Å². The van der Waals surface area contributed by atoms with Crippen LogP contribution >= 0.6 is 11.6 Å². The van der Waals surface area contributed by atoms with E-state index in [1.807, 2.05) is 0 Å². The molecule has 2 N–H and O–H groups in total. The van der Waals surface area contributed by atoms with Crippen LogP contribution in [-0.4, -0.2) is 18.4 Å². The van der Waals surface area contributed by atoms with Crippen LogP contribution in [0.2, 0.25) is 5.02 Å². The van der Waals surface area contributed by atoms with Crippen molar-refractivity contribution in [2.75, 3.05) is 4.72 Å². The Morgan fingerprint density at radius 3 is 2.78 bits per heavy atom. The zero-order valence-corrected chi connectivity index (χ0v) is 10.5. The molecule has 0 bridgehead atoms. The van der Waals surface area contributed by atoms with Crippen LogP contribution in [0.1, 0.15) is 0 Å². The average Bonchev–Trinajstić information content (AvgIpc) is 2.33. The number of hydrogen-bond acceptors (Lipinski definition) is 4. The maximum absolute atomic E-state index is 11.9. The van der Waals surface area contributed by atoms with E-state index in [9.17, 15) is 13.2 Å². The Balaban J connectivity index is 2.37. The highest BCUT2D eigenvalue weighted by molar-refractivity contribution is 7.92. The Morgan fingerprint density at radius 2 is 2.17 bits per heavy atom. The molecule has 0 atom stereocenters. The maximum Gasteiger partial charge on any atom is 0.266 e. The predicted octanol–water partition coefficient (Wildman–Crippen LogP) is 1.22. The van der Waals surface area contributed by atoms with Gasteiger partial charge in [0.2, 0.25) is 0 Å². The quantitative estimate of drug-likeness (QED) is 0.887. The van der Waals surface area contributed by atoms with Crippen molar-refractivity contribution in [2.45, 2.75) is 4.90 Å². The van der Waals surface area contributed by atoms with Crippen molar-refractivity contribution in [1.82, 2.24) is 9.97 Å². The summed E-state index contributed by atoms with van der Waals surface area (Å²) in [6.07, 6.45) is 3.96. The lowest BCUT2D eigenvalue weighted by molar-refractivity contribution is 0.600. The van der Waals surface area contributed by atoms with E-state index in [2.05, 4.69) is 14.7 Å². The Labute approximate surface area is 108 Å². The van der Waals surface area contributed by atoms with E-state index in [0.29, 0.717) is 5.69 Å². The fourth-order valence-corrected chi connectivity index (χ4v) is 2.50. The SMILES string of the molecule is O=c1[nH]cc(S(=O)(=O)Nc2cccnc2)cc1Cl. The second kappa shape index (κ2) is 4.79. The number of pyridine rings is 2. The highest BCUT2D eigenvalue weighted by atomic mass is 35.5. The van der Waals surface area contributed by atoms with Gasteiger partial charge in [0, 0.05) is 12.4 Å². The molecule has 8 heteroatoms. The van der Waals surface area contributed by atoms with E-state index < -0.39 is 15.6 Å². The number of nitrogens with one attached hydrogen (secondary N) is 2. The highest BCUT2D eigenvalue weighted by Crippen LogP contribution is 2.15. The lowest BCUT2D eigenvalue weighted by Crippen LogP contribution is -2.16. The minimum Gasteiger partial charge on any atom is -0.326 e. The number of halogens is 1. The minimum absolute atomic E-state index is 0.129. The summed E-state index contributed by atoms with van der Waals surface area (Å²) in [6.45, 7) is 0. The Bertz CT molecular complexity index is 713. The Morgan fingerprint density at radius 1 is 1.39 bits per heavy atom. The van der Waals surface area contributed by atoms with E-state index in [1.165, 1.54) is 12.4 Å². The zero-order chi connectivity index (χ0) is 13.2. The molecule has 0 aromatic carbocycles. The van der Waals surface area contributed by atoms with Crippen molar-refractivity contribution in [3.05, 3.63) is 52.2 Å². The number of H-pyrrole nitrogens is 1. The van der Waals surface area contributed by atoms with Gasteiger partial charge in [0.15, 0.2) is 0 Å². The molecule has 0 saturated heterocycles. The smallest absolute Gasteiger partial charge is 0.266 e. The first kappa shape index (κ1) is 12.6. The van der Waals surface area contributed by atoms with Crippen LogP contribution in [0.3, 0.4) is 0 Å². The van der Waals surface area contributed by atoms with Gasteiger partial charge in [0.05, 0.1) is 11.9 Å². The van der Waals surface area contributed by atoms with E-state index in [0.717, 1.165) is 12.3 Å². The summed E-state index contributed by atoms with van der Waals surface area (Å²) in [4.78, 5) is 16.9. The molecule has 0 radical (unpaired) electrons. The number of rotatable bonds is 3. The van der Waals surface area contributed by atoms with Crippen LogP contribution in [0, 0.1) is 0 Å². The van der Waals surface area contributed by atoms with Crippen molar-refractivity contribution in [1.29, 1.82) is 0 Å². The number of anilines is 1. The first-order valence-electron chi connectivity index (χ1n) is 4.80. The van der Waals surface area contributed by atoms with E-state index in [1.54, 1.807) is 12.1 Å². The third-order valence-corrected chi connectivity index (χ3v) is 3.70. The van der Waals surface area contributed by atoms with Gasteiger partial charge in [-0.25, -0.2) is 8.42 Å². The number of aromatic amines is 1. The molecule has 6 nitrogen and oxygen atoms in total. The van der Waals surface area contributed by atoms with Crippen molar-refractivity contribution in [3.63, 3.8) is 0 Å². The van der Waals surface area contributed by atoms with Crippen molar-refractivity contribution >= 4 is 27.3 Å². The summed E-state index contributed by atoms with van der Waals surface area (Å²) in [5.41, 5.74) is -0.225. The molecule has 94 valence electrons. The monoisotopic (exact) mass is 285 g/mol. The molecule has 0 spiro atoms. The molecule has 0 aliphatic rings. The van der Waals surface area contributed by atoms with Crippen LogP contribution in [-0.2, 0) is 10.0 Å². The van der Waals surface area contributed by atoms with Crippen LogP contribution in [0.15, 0.2) is 46.5 Å². The van der Waals surface area contributed by atoms with Crippen LogP contribution in [0.4, 0.5) is 5.69 Å². The topological polar surface area (TPSA) is 91.9 Å². The molecular formula is C10H8ClN3O3S. The molecule has 0 aliphatic heterocycles. The molecule has 2 aromatic heterocycles. The number of hydrogen-bond donors (Lipinski definition) is 2. The first-order valence-corrected chi connectivity index (χ1v) is 6.66. The van der Waals surface area contributed by atoms with Crippen LogP contribution < -0.4 is 10.3 Å². The third-order valence-electron chi connectivity index (χ3n) is 2.06. The highest BCUT2D eigenvalue weighted by Gasteiger charge is 2.15. The average molecular weight is 286 g/mol. The van der Waals surface area contributed by atoms with E-state index in [-0.39, 0.29) is 9.92 Å². The van der Waals surface area contributed by atoms with Gasteiger partial charge in [0.1, 0.15) is 9.92 Å². The van der Waals surface area contributed by atoms with Crippen molar-refractivity contribution in [3.8, 4) is 0 Å². The van der Waals surface area contributed by atoms with Gasteiger partial charge >= 0.3 is 0 Å². The normalized spacial score (nSPS) is 11.2. The molecular weight excluding hydrogens is 278 g/mol.